The first-order valence-corrected chi connectivity index (χ1v) is 9.63. The molecule has 0 N–H and O–H groups in total. The Hall–Kier alpha value is -1.83. The maximum absolute atomic E-state index is 12.7. The van der Waals surface area contributed by atoms with Crippen LogP contribution in [0.1, 0.15) is 12.8 Å². The largest absolute Gasteiger partial charge is 0.356 e. The molecule has 2 aromatic rings. The van der Waals surface area contributed by atoms with Crippen molar-refractivity contribution in [3.63, 3.8) is 0 Å². The van der Waals surface area contributed by atoms with Crippen LogP contribution in [0.3, 0.4) is 0 Å². The lowest BCUT2D eigenvalue weighted by molar-refractivity contribution is -0.135. The van der Waals surface area contributed by atoms with Crippen LogP contribution in [-0.2, 0) is 11.8 Å². The molecule has 0 unspecified atom stereocenters. The van der Waals surface area contributed by atoms with Crippen LogP contribution in [0, 0.1) is 5.92 Å². The second-order valence-corrected chi connectivity index (χ2v) is 7.63. The van der Waals surface area contributed by atoms with Gasteiger partial charge in [0.15, 0.2) is 5.65 Å². The summed E-state index contributed by atoms with van der Waals surface area (Å²) in [4.78, 5) is 25.8. The number of aromatic nitrogens is 4. The van der Waals surface area contributed by atoms with Gasteiger partial charge in [0.05, 0.1) is 11.6 Å². The molecule has 128 valence electrons. The van der Waals surface area contributed by atoms with Gasteiger partial charge in [-0.25, -0.2) is 9.97 Å². The molecule has 0 aliphatic carbocycles. The van der Waals surface area contributed by atoms with E-state index in [9.17, 15) is 4.79 Å². The number of nitrogens with zero attached hydrogens (tertiary/aromatic N) is 6. The van der Waals surface area contributed by atoms with Crippen LogP contribution in [0.15, 0.2) is 12.5 Å². The van der Waals surface area contributed by atoms with E-state index in [1.54, 1.807) is 11.0 Å². The average Bonchev–Trinajstić information content (AvgIpc) is 3.03. The van der Waals surface area contributed by atoms with Gasteiger partial charge in [-0.15, -0.1) is 0 Å². The molecular formula is C16H22N6OS. The summed E-state index contributed by atoms with van der Waals surface area (Å²) in [5.74, 6) is 3.60. The zero-order chi connectivity index (χ0) is 16.5. The predicted molar refractivity (Wildman–Crippen MR) is 95.1 cm³/mol. The van der Waals surface area contributed by atoms with E-state index in [4.69, 9.17) is 0 Å². The first-order chi connectivity index (χ1) is 11.7. The fourth-order valence-electron chi connectivity index (χ4n) is 3.58. The van der Waals surface area contributed by atoms with Crippen LogP contribution >= 0.6 is 11.8 Å². The first-order valence-electron chi connectivity index (χ1n) is 8.48. The Morgan fingerprint density at radius 2 is 1.92 bits per heavy atom. The highest BCUT2D eigenvalue weighted by molar-refractivity contribution is 7.99. The number of aryl methyl sites for hydroxylation is 1. The Bertz CT molecular complexity index is 733. The predicted octanol–water partition coefficient (Wildman–Crippen LogP) is 1.16. The molecule has 2 aliphatic heterocycles. The van der Waals surface area contributed by atoms with Crippen LogP contribution in [0.2, 0.25) is 0 Å². The molecule has 0 atom stereocenters. The van der Waals surface area contributed by atoms with Crippen LogP contribution in [0.5, 0.6) is 0 Å². The molecule has 2 fully saturated rings. The van der Waals surface area contributed by atoms with Gasteiger partial charge in [-0.3, -0.25) is 9.48 Å². The molecule has 0 bridgehead atoms. The number of piperidine rings is 1. The molecule has 1 amide bonds. The van der Waals surface area contributed by atoms with E-state index in [1.165, 1.54) is 0 Å². The van der Waals surface area contributed by atoms with Gasteiger partial charge in [-0.1, -0.05) is 0 Å². The van der Waals surface area contributed by atoms with Crippen LogP contribution < -0.4 is 4.90 Å². The number of rotatable bonds is 2. The molecular weight excluding hydrogens is 324 g/mol. The highest BCUT2D eigenvalue weighted by atomic mass is 32.2. The van der Waals surface area contributed by atoms with Crippen molar-refractivity contribution in [2.45, 2.75) is 12.8 Å². The van der Waals surface area contributed by atoms with Gasteiger partial charge in [-0.05, 0) is 12.8 Å². The summed E-state index contributed by atoms with van der Waals surface area (Å²) in [6.07, 6.45) is 5.22. The van der Waals surface area contributed by atoms with Crippen molar-refractivity contribution in [3.8, 4) is 0 Å². The number of fused-ring (bicyclic) bond motifs is 1. The minimum atomic E-state index is 0.163. The average molecular weight is 346 g/mol. The Kier molecular flexibility index (Phi) is 4.30. The maximum Gasteiger partial charge on any atom is 0.225 e. The second-order valence-electron chi connectivity index (χ2n) is 6.40. The molecule has 2 aliphatic rings. The number of hydrogen-bond donors (Lipinski definition) is 0. The topological polar surface area (TPSA) is 67.2 Å². The van der Waals surface area contributed by atoms with Gasteiger partial charge >= 0.3 is 0 Å². The monoisotopic (exact) mass is 346 g/mol. The fourth-order valence-corrected chi connectivity index (χ4v) is 4.48. The molecule has 8 heteroatoms. The smallest absolute Gasteiger partial charge is 0.225 e. The minimum Gasteiger partial charge on any atom is -0.356 e. The van der Waals surface area contributed by atoms with E-state index in [1.807, 2.05) is 25.0 Å². The van der Waals surface area contributed by atoms with E-state index in [2.05, 4.69) is 24.9 Å². The lowest BCUT2D eigenvalue weighted by Gasteiger charge is -2.36. The Morgan fingerprint density at radius 3 is 2.67 bits per heavy atom. The van der Waals surface area contributed by atoms with Gasteiger partial charge in [0, 0.05) is 50.7 Å². The molecule has 2 aromatic heterocycles. The lowest BCUT2D eigenvalue weighted by atomic mass is 9.95. The Labute approximate surface area is 145 Å². The third-order valence-electron chi connectivity index (χ3n) is 4.97. The number of amides is 1. The summed E-state index contributed by atoms with van der Waals surface area (Å²) in [5, 5.41) is 5.26. The fraction of sp³-hybridized carbons (Fsp3) is 0.625. The van der Waals surface area contributed by atoms with E-state index < -0.39 is 0 Å². The highest BCUT2D eigenvalue weighted by Gasteiger charge is 2.30. The van der Waals surface area contributed by atoms with E-state index in [-0.39, 0.29) is 5.92 Å². The molecule has 0 radical (unpaired) electrons. The number of carbonyl (C=O) groups is 1. The third-order valence-corrected chi connectivity index (χ3v) is 5.92. The van der Waals surface area contributed by atoms with Crippen molar-refractivity contribution in [1.29, 1.82) is 0 Å². The molecule has 4 heterocycles. The lowest BCUT2D eigenvalue weighted by Crippen LogP contribution is -2.45. The number of hydrogen-bond acceptors (Lipinski definition) is 6. The van der Waals surface area contributed by atoms with Crippen molar-refractivity contribution in [1.82, 2.24) is 24.6 Å². The van der Waals surface area contributed by atoms with Gasteiger partial charge in [-0.2, -0.15) is 16.9 Å². The summed E-state index contributed by atoms with van der Waals surface area (Å²) in [6, 6.07) is 0. The standard InChI is InChI=1S/C16H22N6OS/c1-20-14-13(10-19-20)15(18-11-17-14)21-4-2-12(3-5-21)16(23)22-6-8-24-9-7-22/h10-12H,2-9H2,1H3. The van der Waals surface area contributed by atoms with E-state index >= 15 is 0 Å². The molecule has 24 heavy (non-hydrogen) atoms. The zero-order valence-electron chi connectivity index (χ0n) is 13.9. The molecule has 0 spiro atoms. The van der Waals surface area contributed by atoms with Crippen LogP contribution in [0.4, 0.5) is 5.82 Å². The summed E-state index contributed by atoms with van der Waals surface area (Å²) in [7, 11) is 1.89. The first kappa shape index (κ1) is 15.7. The normalized spacial score (nSPS) is 19.9. The summed E-state index contributed by atoms with van der Waals surface area (Å²) < 4.78 is 1.77. The molecule has 2 saturated heterocycles. The van der Waals surface area contributed by atoms with Crippen LogP contribution in [-0.4, -0.2) is 68.2 Å². The van der Waals surface area contributed by atoms with E-state index in [0.29, 0.717) is 5.91 Å². The van der Waals surface area contributed by atoms with Gasteiger partial charge in [0.1, 0.15) is 12.1 Å². The van der Waals surface area contributed by atoms with Gasteiger partial charge in [0.2, 0.25) is 5.91 Å². The molecule has 0 saturated carbocycles. The third kappa shape index (κ3) is 2.83. The van der Waals surface area contributed by atoms with Gasteiger partial charge in [0.25, 0.3) is 0 Å². The van der Waals surface area contributed by atoms with E-state index in [0.717, 1.165) is 67.4 Å². The van der Waals surface area contributed by atoms with Crippen molar-refractivity contribution in [2.75, 3.05) is 42.6 Å². The molecule has 7 nitrogen and oxygen atoms in total. The Morgan fingerprint density at radius 1 is 1.17 bits per heavy atom. The zero-order valence-corrected chi connectivity index (χ0v) is 14.7. The maximum atomic E-state index is 12.7. The number of carbonyl (C=O) groups excluding carboxylic acids is 1. The number of anilines is 1. The summed E-state index contributed by atoms with van der Waals surface area (Å²) in [6.45, 7) is 3.54. The van der Waals surface area contributed by atoms with Crippen molar-refractivity contribution in [3.05, 3.63) is 12.5 Å². The van der Waals surface area contributed by atoms with Crippen molar-refractivity contribution < 1.29 is 4.79 Å². The molecule has 4 rings (SSSR count). The second kappa shape index (κ2) is 6.58. The van der Waals surface area contributed by atoms with Crippen molar-refractivity contribution in [2.24, 2.45) is 13.0 Å². The highest BCUT2D eigenvalue weighted by Crippen LogP contribution is 2.28. The minimum absolute atomic E-state index is 0.163. The quantitative estimate of drug-likeness (QED) is 0.813. The van der Waals surface area contributed by atoms with Gasteiger partial charge < -0.3 is 9.80 Å². The Balaban J connectivity index is 1.44. The van der Waals surface area contributed by atoms with Crippen molar-refractivity contribution >= 4 is 34.5 Å². The van der Waals surface area contributed by atoms with Crippen LogP contribution in [0.25, 0.3) is 11.0 Å². The SMILES string of the molecule is Cn1ncc2c(N3CCC(C(=O)N4CCSCC4)CC3)ncnc21. The number of thioether (sulfide) groups is 1. The summed E-state index contributed by atoms with van der Waals surface area (Å²) >= 11 is 1.94. The molecule has 0 aromatic carbocycles. The summed E-state index contributed by atoms with van der Waals surface area (Å²) in [5.41, 5.74) is 0.851.